The maximum atomic E-state index is 12.9. The molecule has 0 bridgehead atoms. The number of alkyl halides is 2. The van der Waals surface area contributed by atoms with Crippen molar-refractivity contribution in [2.75, 3.05) is 11.4 Å². The SMILES string of the molecule is CC(C)[C@@H](CN(C(=O)C(Cl)Cl)c1cccc(-c2ccno2)c1)NC(=O)[C@@H](N)c1ccccc1. The fraction of sp³-hybridized carbons (Fsp3) is 0.292. The number of nitrogens with two attached hydrogens (primary N) is 1. The molecule has 0 aliphatic heterocycles. The average Bonchev–Trinajstić information content (AvgIpc) is 3.36. The summed E-state index contributed by atoms with van der Waals surface area (Å²) in [5.74, 6) is -0.287. The zero-order chi connectivity index (χ0) is 24.0. The Morgan fingerprint density at radius 3 is 2.42 bits per heavy atom. The lowest BCUT2D eigenvalue weighted by atomic mass is 10.0. The summed E-state index contributed by atoms with van der Waals surface area (Å²) in [5, 5.41) is 6.70. The lowest BCUT2D eigenvalue weighted by Gasteiger charge is -2.31. The van der Waals surface area contributed by atoms with E-state index in [1.807, 2.05) is 38.1 Å². The van der Waals surface area contributed by atoms with Crippen molar-refractivity contribution in [3.8, 4) is 11.3 Å². The molecule has 3 aromatic rings. The van der Waals surface area contributed by atoms with E-state index in [0.717, 1.165) is 5.56 Å². The average molecular weight is 489 g/mol. The molecule has 0 saturated heterocycles. The first-order valence-corrected chi connectivity index (χ1v) is 11.4. The monoisotopic (exact) mass is 488 g/mol. The maximum absolute atomic E-state index is 12.9. The van der Waals surface area contributed by atoms with E-state index < -0.39 is 22.8 Å². The molecule has 0 spiro atoms. The lowest BCUT2D eigenvalue weighted by molar-refractivity contribution is -0.124. The molecule has 0 aliphatic carbocycles. The van der Waals surface area contributed by atoms with Crippen LogP contribution in [0.3, 0.4) is 0 Å². The molecule has 3 rings (SSSR count). The van der Waals surface area contributed by atoms with Gasteiger partial charge in [-0.15, -0.1) is 0 Å². The zero-order valence-electron chi connectivity index (χ0n) is 18.3. The first kappa shape index (κ1) is 24.8. The Hall–Kier alpha value is -2.87. The van der Waals surface area contributed by atoms with Gasteiger partial charge in [0.25, 0.3) is 5.91 Å². The number of anilines is 1. The normalized spacial score (nSPS) is 13.1. The molecule has 0 aliphatic rings. The van der Waals surface area contributed by atoms with Crippen LogP contribution >= 0.6 is 23.2 Å². The van der Waals surface area contributed by atoms with Crippen molar-refractivity contribution in [2.45, 2.75) is 30.8 Å². The number of nitrogens with zero attached hydrogens (tertiary/aromatic N) is 2. The van der Waals surface area contributed by atoms with E-state index in [-0.39, 0.29) is 18.4 Å². The van der Waals surface area contributed by atoms with Gasteiger partial charge in [0.05, 0.1) is 6.20 Å². The van der Waals surface area contributed by atoms with Crippen molar-refractivity contribution in [1.29, 1.82) is 0 Å². The number of hydrogen-bond donors (Lipinski definition) is 2. The van der Waals surface area contributed by atoms with E-state index in [1.54, 1.807) is 42.6 Å². The number of amides is 2. The first-order valence-electron chi connectivity index (χ1n) is 10.5. The number of hydrogen-bond acceptors (Lipinski definition) is 5. The Labute approximate surface area is 202 Å². The Bertz CT molecular complexity index is 1060. The third kappa shape index (κ3) is 6.35. The molecule has 1 aromatic heterocycles. The molecule has 0 unspecified atom stereocenters. The molecule has 33 heavy (non-hydrogen) atoms. The molecule has 2 atom stereocenters. The Kier molecular flexibility index (Phi) is 8.49. The van der Waals surface area contributed by atoms with Crippen LogP contribution in [-0.2, 0) is 9.59 Å². The molecule has 2 amide bonds. The smallest absolute Gasteiger partial charge is 0.260 e. The topological polar surface area (TPSA) is 101 Å². The first-order chi connectivity index (χ1) is 15.8. The van der Waals surface area contributed by atoms with E-state index in [4.69, 9.17) is 33.5 Å². The van der Waals surface area contributed by atoms with E-state index >= 15 is 0 Å². The highest BCUT2D eigenvalue weighted by molar-refractivity contribution is 6.54. The number of benzene rings is 2. The number of aromatic nitrogens is 1. The van der Waals surface area contributed by atoms with Crippen LogP contribution in [0.1, 0.15) is 25.5 Å². The number of rotatable bonds is 9. The van der Waals surface area contributed by atoms with Crippen molar-refractivity contribution in [3.63, 3.8) is 0 Å². The third-order valence-corrected chi connectivity index (χ3v) is 5.66. The van der Waals surface area contributed by atoms with Gasteiger partial charge in [0.15, 0.2) is 10.6 Å². The van der Waals surface area contributed by atoms with Gasteiger partial charge < -0.3 is 20.5 Å². The summed E-state index contributed by atoms with van der Waals surface area (Å²) in [4.78, 5) is 26.0. The summed E-state index contributed by atoms with van der Waals surface area (Å²) in [6, 6.07) is 16.8. The van der Waals surface area contributed by atoms with Crippen LogP contribution in [0.4, 0.5) is 5.69 Å². The Morgan fingerprint density at radius 2 is 1.82 bits per heavy atom. The van der Waals surface area contributed by atoms with Gasteiger partial charge in [0.1, 0.15) is 6.04 Å². The molecule has 0 radical (unpaired) electrons. The summed E-state index contributed by atoms with van der Waals surface area (Å²) in [5.41, 5.74) is 8.16. The molecule has 174 valence electrons. The Morgan fingerprint density at radius 1 is 1.09 bits per heavy atom. The second-order valence-corrected chi connectivity index (χ2v) is 9.02. The van der Waals surface area contributed by atoms with Crippen molar-refractivity contribution < 1.29 is 14.1 Å². The molecule has 0 fully saturated rings. The van der Waals surface area contributed by atoms with Crippen molar-refractivity contribution in [1.82, 2.24) is 10.5 Å². The van der Waals surface area contributed by atoms with Crippen LogP contribution in [0, 0.1) is 5.92 Å². The number of carbonyl (C=O) groups is 2. The fourth-order valence-electron chi connectivity index (χ4n) is 3.34. The Balaban J connectivity index is 1.85. The molecule has 9 heteroatoms. The zero-order valence-corrected chi connectivity index (χ0v) is 19.8. The van der Waals surface area contributed by atoms with E-state index in [2.05, 4.69) is 10.5 Å². The largest absolute Gasteiger partial charge is 0.356 e. The van der Waals surface area contributed by atoms with Crippen molar-refractivity contribution >= 4 is 40.7 Å². The maximum Gasteiger partial charge on any atom is 0.260 e. The van der Waals surface area contributed by atoms with Gasteiger partial charge in [-0.05, 0) is 23.6 Å². The standard InChI is InChI=1S/C24H26Cl2N4O3/c1-15(2)19(29-23(31)21(27)16-7-4-3-5-8-16)14-30(24(32)22(25)26)18-10-6-9-17(13-18)20-11-12-28-33-20/h3-13,15,19,21-22H,14,27H2,1-2H3,(H,29,31)/t19-,21+/m1/s1. The van der Waals surface area contributed by atoms with Crippen LogP contribution in [0.25, 0.3) is 11.3 Å². The van der Waals surface area contributed by atoms with Crippen LogP contribution in [0.15, 0.2) is 71.4 Å². The van der Waals surface area contributed by atoms with Crippen LogP contribution < -0.4 is 16.0 Å². The quantitative estimate of drug-likeness (QED) is 0.436. The van der Waals surface area contributed by atoms with Crippen LogP contribution in [0.5, 0.6) is 0 Å². The van der Waals surface area contributed by atoms with Crippen LogP contribution in [-0.4, -0.2) is 34.4 Å². The van der Waals surface area contributed by atoms with E-state index in [0.29, 0.717) is 17.0 Å². The summed E-state index contributed by atoms with van der Waals surface area (Å²) in [7, 11) is 0. The lowest BCUT2D eigenvalue weighted by Crippen LogP contribution is -2.51. The summed E-state index contributed by atoms with van der Waals surface area (Å²) < 4.78 is 5.23. The second kappa shape index (κ2) is 11.3. The van der Waals surface area contributed by atoms with Gasteiger partial charge in [-0.2, -0.15) is 0 Å². The van der Waals surface area contributed by atoms with E-state index in [9.17, 15) is 9.59 Å². The van der Waals surface area contributed by atoms with Gasteiger partial charge in [-0.1, -0.05) is 84.7 Å². The molecule has 0 saturated carbocycles. The van der Waals surface area contributed by atoms with Crippen molar-refractivity contribution in [3.05, 3.63) is 72.4 Å². The van der Waals surface area contributed by atoms with Gasteiger partial charge in [-0.3, -0.25) is 9.59 Å². The minimum atomic E-state index is -1.27. The number of carbonyl (C=O) groups excluding carboxylic acids is 2. The predicted octanol–water partition coefficient (Wildman–Crippen LogP) is 4.32. The minimum absolute atomic E-state index is 0.00576. The highest BCUT2D eigenvalue weighted by atomic mass is 35.5. The van der Waals surface area contributed by atoms with Gasteiger partial charge in [0.2, 0.25) is 5.91 Å². The fourth-order valence-corrected chi connectivity index (χ4v) is 3.57. The molecular formula is C24H26Cl2N4O3. The summed E-state index contributed by atoms with van der Waals surface area (Å²) in [6.07, 6.45) is 1.54. The summed E-state index contributed by atoms with van der Waals surface area (Å²) in [6.45, 7) is 4.05. The minimum Gasteiger partial charge on any atom is -0.356 e. The van der Waals surface area contributed by atoms with Crippen LogP contribution in [0.2, 0.25) is 0 Å². The predicted molar refractivity (Wildman–Crippen MR) is 130 cm³/mol. The molecule has 1 heterocycles. The molecule has 2 aromatic carbocycles. The third-order valence-electron chi connectivity index (χ3n) is 5.29. The number of nitrogens with one attached hydrogen (secondary N) is 1. The van der Waals surface area contributed by atoms with Gasteiger partial charge in [-0.25, -0.2) is 0 Å². The molecular weight excluding hydrogens is 463 g/mol. The van der Waals surface area contributed by atoms with Gasteiger partial charge in [0, 0.05) is 29.9 Å². The van der Waals surface area contributed by atoms with E-state index in [1.165, 1.54) is 4.90 Å². The highest BCUT2D eigenvalue weighted by Gasteiger charge is 2.29. The van der Waals surface area contributed by atoms with Crippen molar-refractivity contribution in [2.24, 2.45) is 11.7 Å². The number of halogens is 2. The summed E-state index contributed by atoms with van der Waals surface area (Å²) >= 11 is 11.9. The van der Waals surface area contributed by atoms with Gasteiger partial charge >= 0.3 is 0 Å². The molecule has 3 N–H and O–H groups in total. The highest BCUT2D eigenvalue weighted by Crippen LogP contribution is 2.27. The second-order valence-electron chi connectivity index (χ2n) is 7.92. The molecule has 7 nitrogen and oxygen atoms in total.